The largest absolute Gasteiger partial charge is 0.508 e. The Morgan fingerprint density at radius 1 is 1.09 bits per heavy atom. The molecule has 0 amide bonds. The SMILES string of the molecule is C#CCN1C2CCC1CN(c1nc(OC[C@@]34CCCN3C[C@H](F)C4)nc3c(F)c(-c4cc(O)cc5ccc(F)c(C#C)c45)ncc13)C2. The first kappa shape index (κ1) is 29.8. The van der Waals surface area contributed by atoms with Crippen molar-refractivity contribution in [3.63, 3.8) is 0 Å². The summed E-state index contributed by atoms with van der Waals surface area (Å²) in [7, 11) is 0. The summed E-state index contributed by atoms with van der Waals surface area (Å²) >= 11 is 0. The van der Waals surface area contributed by atoms with Crippen LogP contribution in [0, 0.1) is 36.3 Å². The lowest BCUT2D eigenvalue weighted by Gasteiger charge is -2.41. The van der Waals surface area contributed by atoms with E-state index >= 15 is 4.39 Å². The van der Waals surface area contributed by atoms with Crippen molar-refractivity contribution in [2.45, 2.75) is 55.9 Å². The van der Waals surface area contributed by atoms with Crippen LogP contribution in [0.2, 0.25) is 0 Å². The van der Waals surface area contributed by atoms with Crippen molar-refractivity contribution in [2.24, 2.45) is 0 Å². The molecular weight excluding hydrogens is 605 g/mol. The van der Waals surface area contributed by atoms with Crippen molar-refractivity contribution in [3.05, 3.63) is 47.7 Å². The number of alkyl halides is 1. The van der Waals surface area contributed by atoms with E-state index in [1.807, 2.05) is 0 Å². The number of anilines is 1. The summed E-state index contributed by atoms with van der Waals surface area (Å²) in [5, 5.41) is 11.6. The molecule has 2 unspecified atom stereocenters. The van der Waals surface area contributed by atoms with Crippen LogP contribution in [-0.2, 0) is 0 Å². The molecule has 2 bridgehead atoms. The van der Waals surface area contributed by atoms with Gasteiger partial charge in [-0.1, -0.05) is 17.9 Å². The Hall–Kier alpha value is -4.58. The molecule has 0 saturated carbocycles. The molecule has 240 valence electrons. The maximum atomic E-state index is 16.9. The molecule has 4 aromatic rings. The number of aromatic hydroxyl groups is 1. The fraction of sp³-hybridized carbons (Fsp3) is 0.417. The zero-order valence-corrected chi connectivity index (χ0v) is 25.7. The Labute approximate surface area is 270 Å². The Bertz CT molecular complexity index is 2000. The average Bonchev–Trinajstić information content (AvgIpc) is 3.65. The lowest BCUT2D eigenvalue weighted by atomic mass is 9.95. The van der Waals surface area contributed by atoms with Crippen LogP contribution in [-0.4, -0.2) is 93.0 Å². The number of aromatic nitrogens is 3. The normalized spacial score (nSPS) is 25.7. The lowest BCUT2D eigenvalue weighted by Crippen LogP contribution is -2.54. The summed E-state index contributed by atoms with van der Waals surface area (Å²) in [6.45, 7) is 3.20. The topological polar surface area (TPSA) is 77.9 Å². The van der Waals surface area contributed by atoms with Gasteiger partial charge >= 0.3 is 6.01 Å². The molecule has 0 radical (unpaired) electrons. The Balaban J connectivity index is 1.26. The number of hydrogen-bond donors (Lipinski definition) is 1. The van der Waals surface area contributed by atoms with E-state index < -0.39 is 23.3 Å². The number of piperazine rings is 1. The van der Waals surface area contributed by atoms with Gasteiger partial charge in [-0.3, -0.25) is 14.8 Å². The van der Waals surface area contributed by atoms with Gasteiger partial charge < -0.3 is 14.7 Å². The highest BCUT2D eigenvalue weighted by Crippen LogP contribution is 2.42. The second-order valence-corrected chi connectivity index (χ2v) is 13.2. The van der Waals surface area contributed by atoms with Gasteiger partial charge in [-0.05, 0) is 55.8 Å². The highest BCUT2D eigenvalue weighted by atomic mass is 19.1. The average molecular weight is 639 g/mol. The van der Waals surface area contributed by atoms with E-state index in [4.69, 9.17) is 22.6 Å². The molecule has 4 atom stereocenters. The van der Waals surface area contributed by atoms with E-state index in [0.717, 1.165) is 32.2 Å². The number of rotatable bonds is 6. The quantitative estimate of drug-likeness (QED) is 0.294. The highest BCUT2D eigenvalue weighted by molar-refractivity contribution is 6.03. The van der Waals surface area contributed by atoms with Gasteiger partial charge in [0.2, 0.25) is 0 Å². The molecule has 11 heteroatoms. The first-order valence-electron chi connectivity index (χ1n) is 16.0. The third-order valence-electron chi connectivity index (χ3n) is 10.5. The highest BCUT2D eigenvalue weighted by Gasteiger charge is 2.49. The molecule has 2 aromatic carbocycles. The summed E-state index contributed by atoms with van der Waals surface area (Å²) in [5.41, 5.74) is -0.549. The van der Waals surface area contributed by atoms with E-state index in [0.29, 0.717) is 49.2 Å². The van der Waals surface area contributed by atoms with Crippen LogP contribution in [0.4, 0.5) is 19.0 Å². The van der Waals surface area contributed by atoms with Crippen LogP contribution >= 0.6 is 0 Å². The molecule has 4 aliphatic rings. The Kier molecular flexibility index (Phi) is 7.16. The number of phenols is 1. The Morgan fingerprint density at radius 3 is 2.66 bits per heavy atom. The summed E-state index contributed by atoms with van der Waals surface area (Å²) in [5.74, 6) is 4.05. The van der Waals surface area contributed by atoms with E-state index in [-0.39, 0.29) is 58.2 Å². The molecular formula is C36H33F3N6O2. The first-order chi connectivity index (χ1) is 22.8. The second-order valence-electron chi connectivity index (χ2n) is 13.2. The molecule has 4 aliphatic heterocycles. The van der Waals surface area contributed by atoms with Gasteiger partial charge in [0, 0.05) is 55.3 Å². The fourth-order valence-electron chi connectivity index (χ4n) is 8.44. The number of pyridine rings is 1. The zero-order valence-electron chi connectivity index (χ0n) is 25.7. The summed E-state index contributed by atoms with van der Waals surface area (Å²) in [6, 6.07) is 5.88. The first-order valence-corrected chi connectivity index (χ1v) is 16.0. The van der Waals surface area contributed by atoms with Crippen molar-refractivity contribution in [2.75, 3.05) is 44.2 Å². The third kappa shape index (κ3) is 4.83. The number of fused-ring (bicyclic) bond motifs is 5. The van der Waals surface area contributed by atoms with Crippen molar-refractivity contribution in [3.8, 4) is 47.7 Å². The summed E-state index contributed by atoms with van der Waals surface area (Å²) < 4.78 is 52.5. The van der Waals surface area contributed by atoms with Gasteiger partial charge in [-0.2, -0.15) is 9.97 Å². The van der Waals surface area contributed by atoms with Crippen molar-refractivity contribution in [1.82, 2.24) is 24.8 Å². The van der Waals surface area contributed by atoms with E-state index in [1.165, 1.54) is 30.5 Å². The second kappa shape index (κ2) is 11.3. The number of halogens is 3. The van der Waals surface area contributed by atoms with Crippen LogP contribution in [0.15, 0.2) is 30.5 Å². The number of nitrogens with zero attached hydrogens (tertiary/aromatic N) is 6. The maximum Gasteiger partial charge on any atom is 0.319 e. The van der Waals surface area contributed by atoms with Gasteiger partial charge in [0.1, 0.15) is 41.4 Å². The third-order valence-corrected chi connectivity index (χ3v) is 10.5. The monoisotopic (exact) mass is 638 g/mol. The van der Waals surface area contributed by atoms with Crippen LogP contribution < -0.4 is 9.64 Å². The van der Waals surface area contributed by atoms with Crippen LogP contribution in [0.3, 0.4) is 0 Å². The molecule has 47 heavy (non-hydrogen) atoms. The summed E-state index contributed by atoms with van der Waals surface area (Å²) in [6.07, 6.45) is 16.0. The maximum absolute atomic E-state index is 16.9. The van der Waals surface area contributed by atoms with Gasteiger partial charge in [0.15, 0.2) is 5.82 Å². The minimum atomic E-state index is -0.928. The van der Waals surface area contributed by atoms with Crippen LogP contribution in [0.25, 0.3) is 32.9 Å². The molecule has 2 aromatic heterocycles. The fourth-order valence-corrected chi connectivity index (χ4v) is 8.44. The summed E-state index contributed by atoms with van der Waals surface area (Å²) in [4.78, 5) is 20.5. The predicted molar refractivity (Wildman–Crippen MR) is 173 cm³/mol. The predicted octanol–water partition coefficient (Wildman–Crippen LogP) is 5.05. The zero-order chi connectivity index (χ0) is 32.4. The minimum absolute atomic E-state index is 0.0124. The number of terminal acetylenes is 2. The minimum Gasteiger partial charge on any atom is -0.508 e. The van der Waals surface area contributed by atoms with Crippen molar-refractivity contribution >= 4 is 27.5 Å². The van der Waals surface area contributed by atoms with Crippen LogP contribution in [0.5, 0.6) is 11.8 Å². The standard InChI is InChI=1S/C36H33F3N6O2/c1-3-11-45-23-7-8-24(45)19-43(18-23)34-28-16-40-32(27-14-25(46)13-21-6-9-29(38)26(4-2)30(21)27)31(39)33(28)41-35(42-34)47-20-36-10-5-12-44(36)17-22(37)15-36/h1-2,6,9,13-14,16,22-24,46H,5,7-8,10-12,15,17-20H2/t22-,23?,24?,36+/m1/s1. The van der Waals surface area contributed by atoms with Gasteiger partial charge in [-0.15, -0.1) is 12.8 Å². The molecule has 4 fully saturated rings. The number of ether oxygens (including phenoxy) is 1. The van der Waals surface area contributed by atoms with E-state index in [2.05, 4.69) is 36.5 Å². The molecule has 0 spiro atoms. The number of hydrogen-bond acceptors (Lipinski definition) is 8. The molecule has 0 aliphatic carbocycles. The molecule has 6 heterocycles. The lowest BCUT2D eigenvalue weighted by molar-refractivity contribution is 0.107. The van der Waals surface area contributed by atoms with Crippen molar-refractivity contribution < 1.29 is 23.0 Å². The molecule has 8 rings (SSSR count). The van der Waals surface area contributed by atoms with Gasteiger partial charge in [0.05, 0.1) is 23.0 Å². The molecule has 4 saturated heterocycles. The Morgan fingerprint density at radius 2 is 1.89 bits per heavy atom. The van der Waals surface area contributed by atoms with E-state index in [9.17, 15) is 13.9 Å². The molecule has 1 N–H and O–H groups in total. The van der Waals surface area contributed by atoms with Crippen LogP contribution in [0.1, 0.15) is 37.7 Å². The van der Waals surface area contributed by atoms with Gasteiger partial charge in [0.25, 0.3) is 0 Å². The smallest absolute Gasteiger partial charge is 0.319 e. The van der Waals surface area contributed by atoms with Crippen molar-refractivity contribution in [1.29, 1.82) is 0 Å². The molecule has 8 nitrogen and oxygen atoms in total. The van der Waals surface area contributed by atoms with E-state index in [1.54, 1.807) is 0 Å². The van der Waals surface area contributed by atoms with Gasteiger partial charge in [-0.25, -0.2) is 13.2 Å². The number of benzene rings is 2. The number of phenolic OH excluding ortho intramolecular Hbond substituents is 1.